The number of rotatable bonds is 4. The summed E-state index contributed by atoms with van der Waals surface area (Å²) in [6.45, 7) is 11.8. The molecule has 1 aromatic carbocycles. The Morgan fingerprint density at radius 2 is 1.81 bits per heavy atom. The van der Waals surface area contributed by atoms with Crippen LogP contribution in [0.2, 0.25) is 0 Å². The van der Waals surface area contributed by atoms with E-state index in [-0.39, 0.29) is 11.3 Å². The van der Waals surface area contributed by atoms with Crippen LogP contribution in [-0.2, 0) is 23.1 Å². The summed E-state index contributed by atoms with van der Waals surface area (Å²) in [5, 5.41) is 0. The molecule has 166 valence electrons. The number of carbonyl (C=O) groups excluding carboxylic acids is 1. The molecule has 2 aromatic rings. The number of hydrogen-bond donors (Lipinski definition) is 1. The number of piperazine rings is 1. The van der Waals surface area contributed by atoms with E-state index in [4.69, 9.17) is 5.73 Å². The van der Waals surface area contributed by atoms with Crippen LogP contribution >= 0.6 is 0 Å². The molecule has 1 aromatic heterocycles. The van der Waals surface area contributed by atoms with Gasteiger partial charge < -0.3 is 15.5 Å². The van der Waals surface area contributed by atoms with E-state index in [0.29, 0.717) is 25.4 Å². The lowest BCUT2D eigenvalue weighted by atomic mass is 9.86. The third kappa shape index (κ3) is 4.59. The van der Waals surface area contributed by atoms with Gasteiger partial charge in [-0.05, 0) is 41.7 Å². The molecule has 0 unspecified atom stereocenters. The van der Waals surface area contributed by atoms with Crippen molar-refractivity contribution in [1.82, 2.24) is 14.9 Å². The van der Waals surface area contributed by atoms with Crippen molar-refractivity contribution in [3.63, 3.8) is 0 Å². The average molecular weight is 422 g/mol. The molecule has 2 aliphatic rings. The minimum atomic E-state index is -0.504. The maximum Gasteiger partial charge on any atom is 0.239 e. The molecule has 0 spiro atoms. The Labute approximate surface area is 185 Å². The van der Waals surface area contributed by atoms with Crippen LogP contribution in [0.15, 0.2) is 30.6 Å². The number of anilines is 1. The molecule has 2 atom stereocenters. The van der Waals surface area contributed by atoms with E-state index in [0.717, 1.165) is 37.3 Å². The Morgan fingerprint density at radius 3 is 2.45 bits per heavy atom. The first-order valence-electron chi connectivity index (χ1n) is 11.5. The number of nitrogens with two attached hydrogens (primary N) is 1. The molecular weight excluding hydrogens is 386 g/mol. The zero-order chi connectivity index (χ0) is 22.2. The number of hydrogen-bond acceptors (Lipinski definition) is 5. The molecule has 6 nitrogen and oxygen atoms in total. The maximum absolute atomic E-state index is 13.0. The van der Waals surface area contributed by atoms with Crippen LogP contribution in [0, 0.1) is 0 Å². The standard InChI is InChI=1S/C25H35N5O/c1-17-5-10-21-22(17)23(28-16-27-21)29-11-13-30(14-12-29)24(31)20(26)15-18-6-8-19(9-7-18)25(2,3)4/h6-9,16-17,20H,5,10-15,26H2,1-4H3/t17-,20-/m1/s1. The Hall–Kier alpha value is -2.47. The van der Waals surface area contributed by atoms with Gasteiger partial charge in [0.1, 0.15) is 12.1 Å². The largest absolute Gasteiger partial charge is 0.353 e. The van der Waals surface area contributed by atoms with Crippen LogP contribution in [0.25, 0.3) is 0 Å². The number of nitrogens with zero attached hydrogens (tertiary/aromatic N) is 4. The highest BCUT2D eigenvalue weighted by atomic mass is 16.2. The van der Waals surface area contributed by atoms with Crippen molar-refractivity contribution >= 4 is 11.7 Å². The van der Waals surface area contributed by atoms with Crippen LogP contribution in [-0.4, -0.2) is 53.0 Å². The maximum atomic E-state index is 13.0. The monoisotopic (exact) mass is 421 g/mol. The molecule has 31 heavy (non-hydrogen) atoms. The summed E-state index contributed by atoms with van der Waals surface area (Å²) in [7, 11) is 0. The number of fused-ring (bicyclic) bond motifs is 1. The summed E-state index contributed by atoms with van der Waals surface area (Å²) in [6.07, 6.45) is 4.44. The van der Waals surface area contributed by atoms with Crippen molar-refractivity contribution in [3.05, 3.63) is 53.0 Å². The first-order valence-corrected chi connectivity index (χ1v) is 11.5. The predicted molar refractivity (Wildman–Crippen MR) is 124 cm³/mol. The van der Waals surface area contributed by atoms with Crippen molar-refractivity contribution < 1.29 is 4.79 Å². The van der Waals surface area contributed by atoms with Crippen molar-refractivity contribution in [2.24, 2.45) is 5.73 Å². The third-order valence-corrected chi connectivity index (χ3v) is 6.74. The van der Waals surface area contributed by atoms with Gasteiger partial charge >= 0.3 is 0 Å². The highest BCUT2D eigenvalue weighted by Crippen LogP contribution is 2.37. The van der Waals surface area contributed by atoms with Gasteiger partial charge in [0.15, 0.2) is 0 Å². The lowest BCUT2D eigenvalue weighted by Crippen LogP contribution is -2.54. The van der Waals surface area contributed by atoms with E-state index >= 15 is 0 Å². The second-order valence-electron chi connectivity index (χ2n) is 10.1. The van der Waals surface area contributed by atoms with Crippen molar-refractivity contribution in [2.45, 2.75) is 64.3 Å². The highest BCUT2D eigenvalue weighted by molar-refractivity contribution is 5.82. The van der Waals surface area contributed by atoms with Crippen molar-refractivity contribution in [3.8, 4) is 0 Å². The van der Waals surface area contributed by atoms with Gasteiger partial charge in [0.25, 0.3) is 0 Å². The molecule has 1 aliphatic heterocycles. The van der Waals surface area contributed by atoms with Gasteiger partial charge in [-0.2, -0.15) is 0 Å². The van der Waals surface area contributed by atoms with Crippen molar-refractivity contribution in [1.29, 1.82) is 0 Å². The topological polar surface area (TPSA) is 75.4 Å². The summed E-state index contributed by atoms with van der Waals surface area (Å²) in [5.74, 6) is 1.61. The SMILES string of the molecule is C[C@@H]1CCc2ncnc(N3CCN(C(=O)[C@H](N)Cc4ccc(C(C)(C)C)cc4)CC3)c21. The second kappa shape index (κ2) is 8.58. The van der Waals surface area contributed by atoms with Gasteiger partial charge in [-0.3, -0.25) is 4.79 Å². The summed E-state index contributed by atoms with van der Waals surface area (Å²) in [4.78, 5) is 26.3. The van der Waals surface area contributed by atoms with Crippen molar-refractivity contribution in [2.75, 3.05) is 31.1 Å². The third-order valence-electron chi connectivity index (χ3n) is 6.74. The van der Waals surface area contributed by atoms with Gasteiger partial charge in [-0.25, -0.2) is 9.97 Å². The molecule has 1 aliphatic carbocycles. The molecule has 1 fully saturated rings. The number of aryl methyl sites for hydroxylation is 1. The quantitative estimate of drug-likeness (QED) is 0.821. The van der Waals surface area contributed by atoms with E-state index in [9.17, 15) is 4.79 Å². The Morgan fingerprint density at radius 1 is 1.13 bits per heavy atom. The Kier molecular flexibility index (Phi) is 6.02. The Balaban J connectivity index is 1.35. The van der Waals surface area contributed by atoms with Crippen LogP contribution in [0.4, 0.5) is 5.82 Å². The lowest BCUT2D eigenvalue weighted by molar-refractivity contribution is -0.132. The number of carbonyl (C=O) groups is 1. The van der Waals surface area contributed by atoms with Crippen LogP contribution in [0.3, 0.4) is 0 Å². The van der Waals surface area contributed by atoms with Gasteiger partial charge in [0.05, 0.1) is 6.04 Å². The summed E-state index contributed by atoms with van der Waals surface area (Å²) >= 11 is 0. The molecular formula is C25H35N5O. The van der Waals surface area contributed by atoms with E-state index < -0.39 is 6.04 Å². The van der Waals surface area contributed by atoms with E-state index in [2.05, 4.69) is 66.8 Å². The number of benzene rings is 1. The lowest BCUT2D eigenvalue weighted by Gasteiger charge is -2.37. The fourth-order valence-electron chi connectivity index (χ4n) is 4.73. The van der Waals surface area contributed by atoms with E-state index in [1.54, 1.807) is 6.33 Å². The number of amides is 1. The van der Waals surface area contributed by atoms with E-state index in [1.165, 1.54) is 16.8 Å². The first kappa shape index (κ1) is 21.8. The Bertz CT molecular complexity index is 926. The van der Waals surface area contributed by atoms with Gasteiger partial charge in [-0.1, -0.05) is 52.0 Å². The van der Waals surface area contributed by atoms with Crippen LogP contribution < -0.4 is 10.6 Å². The molecule has 2 N–H and O–H groups in total. The minimum Gasteiger partial charge on any atom is -0.353 e. The van der Waals surface area contributed by atoms with Gasteiger partial charge in [0, 0.05) is 37.4 Å². The highest BCUT2D eigenvalue weighted by Gasteiger charge is 2.30. The molecule has 4 rings (SSSR count). The summed E-state index contributed by atoms with van der Waals surface area (Å²) in [6, 6.07) is 7.99. The normalized spacial score (nSPS) is 20.0. The second-order valence-corrected chi connectivity index (χ2v) is 10.1. The molecule has 0 saturated carbocycles. The fraction of sp³-hybridized carbons (Fsp3) is 0.560. The number of aromatic nitrogens is 2. The first-order chi connectivity index (χ1) is 14.7. The van der Waals surface area contributed by atoms with E-state index in [1.807, 2.05) is 4.90 Å². The molecule has 0 bridgehead atoms. The molecule has 1 saturated heterocycles. The predicted octanol–water partition coefficient (Wildman–Crippen LogP) is 3.04. The van der Waals surface area contributed by atoms with Gasteiger partial charge in [-0.15, -0.1) is 0 Å². The average Bonchev–Trinajstić information content (AvgIpc) is 3.14. The fourth-order valence-corrected chi connectivity index (χ4v) is 4.73. The molecule has 0 radical (unpaired) electrons. The molecule has 2 heterocycles. The summed E-state index contributed by atoms with van der Waals surface area (Å²) in [5.41, 5.74) is 11.3. The molecule has 6 heteroatoms. The molecule has 1 amide bonds. The smallest absolute Gasteiger partial charge is 0.239 e. The minimum absolute atomic E-state index is 0.0424. The van der Waals surface area contributed by atoms with Crippen LogP contribution in [0.1, 0.15) is 62.4 Å². The van der Waals surface area contributed by atoms with Gasteiger partial charge in [0.2, 0.25) is 5.91 Å². The summed E-state index contributed by atoms with van der Waals surface area (Å²) < 4.78 is 0. The zero-order valence-corrected chi connectivity index (χ0v) is 19.3. The van der Waals surface area contributed by atoms with Crippen LogP contribution in [0.5, 0.6) is 0 Å². The zero-order valence-electron chi connectivity index (χ0n) is 19.3.